The molecule has 2 aliphatic rings. The first-order valence-electron chi connectivity index (χ1n) is 8.90. The van der Waals surface area contributed by atoms with Crippen LogP contribution in [-0.4, -0.2) is 43.3 Å². The van der Waals surface area contributed by atoms with E-state index in [0.29, 0.717) is 5.69 Å². The molecule has 1 aromatic rings. The number of hydrogen-bond donors (Lipinski definition) is 1. The maximum Gasteiger partial charge on any atom is 0.233 e. The molecule has 1 heterocycles. The number of hydrogen-bond acceptors (Lipinski definition) is 4. The molecule has 0 aromatic heterocycles. The number of nitrogens with zero attached hydrogens (tertiary/aromatic N) is 2. The molecule has 25 heavy (non-hydrogen) atoms. The minimum absolute atomic E-state index is 0.0853. The van der Waals surface area contributed by atoms with Crippen LogP contribution in [0.1, 0.15) is 32.1 Å². The Bertz CT molecular complexity index is 645. The third-order valence-corrected chi connectivity index (χ3v) is 5.16. The highest BCUT2D eigenvalue weighted by Gasteiger charge is 2.47. The number of fused-ring (bicyclic) bond motifs is 1. The summed E-state index contributed by atoms with van der Waals surface area (Å²) in [6.45, 7) is 0.173. The first kappa shape index (κ1) is 17.5. The van der Waals surface area contributed by atoms with E-state index < -0.39 is 0 Å². The van der Waals surface area contributed by atoms with Crippen molar-refractivity contribution in [3.05, 3.63) is 24.3 Å². The molecular formula is C19H25N3O3. The molecule has 1 saturated heterocycles. The Hall–Kier alpha value is -2.37. The van der Waals surface area contributed by atoms with E-state index in [1.807, 2.05) is 43.3 Å². The van der Waals surface area contributed by atoms with Gasteiger partial charge < -0.3 is 10.2 Å². The maximum atomic E-state index is 12.4. The van der Waals surface area contributed by atoms with Gasteiger partial charge in [-0.3, -0.25) is 19.3 Å². The van der Waals surface area contributed by atoms with Gasteiger partial charge in [0.2, 0.25) is 17.7 Å². The van der Waals surface area contributed by atoms with Crippen molar-refractivity contribution >= 4 is 29.1 Å². The van der Waals surface area contributed by atoms with Crippen LogP contribution in [0.15, 0.2) is 24.3 Å². The van der Waals surface area contributed by atoms with Gasteiger partial charge in [-0.1, -0.05) is 12.8 Å². The summed E-state index contributed by atoms with van der Waals surface area (Å²) in [6, 6.07) is 7.53. The van der Waals surface area contributed by atoms with Crippen molar-refractivity contribution in [2.24, 2.45) is 11.8 Å². The van der Waals surface area contributed by atoms with Crippen LogP contribution in [0.4, 0.5) is 11.4 Å². The minimum atomic E-state index is -0.187. The van der Waals surface area contributed by atoms with Crippen molar-refractivity contribution in [3.63, 3.8) is 0 Å². The van der Waals surface area contributed by atoms with Crippen LogP contribution in [0.5, 0.6) is 0 Å². The molecule has 1 saturated carbocycles. The fraction of sp³-hybridized carbons (Fsp3) is 0.526. The number of amides is 3. The van der Waals surface area contributed by atoms with Crippen molar-refractivity contribution in [1.29, 1.82) is 0 Å². The molecule has 6 heteroatoms. The Kier molecular flexibility index (Phi) is 5.06. The van der Waals surface area contributed by atoms with E-state index in [2.05, 4.69) is 5.32 Å². The summed E-state index contributed by atoms with van der Waals surface area (Å²) in [5, 5.41) is 2.82. The van der Waals surface area contributed by atoms with Crippen molar-refractivity contribution < 1.29 is 14.4 Å². The SMILES string of the molecule is CN(C)c1ccc(NC(=O)CCN2C(=O)C3CCCCC3C2=O)cc1. The van der Waals surface area contributed by atoms with Gasteiger partial charge in [-0.05, 0) is 37.1 Å². The first-order valence-corrected chi connectivity index (χ1v) is 8.90. The van der Waals surface area contributed by atoms with Gasteiger partial charge in [-0.25, -0.2) is 0 Å². The number of anilines is 2. The average Bonchev–Trinajstić information content (AvgIpc) is 2.85. The van der Waals surface area contributed by atoms with E-state index in [-0.39, 0.29) is 42.5 Å². The molecular weight excluding hydrogens is 318 g/mol. The number of benzene rings is 1. The van der Waals surface area contributed by atoms with Crippen LogP contribution >= 0.6 is 0 Å². The van der Waals surface area contributed by atoms with E-state index in [4.69, 9.17) is 0 Å². The highest BCUT2D eigenvalue weighted by atomic mass is 16.2. The summed E-state index contributed by atoms with van der Waals surface area (Å²) in [5.41, 5.74) is 1.76. The second kappa shape index (κ2) is 7.25. The highest BCUT2D eigenvalue weighted by Crippen LogP contribution is 2.37. The molecule has 0 spiro atoms. The lowest BCUT2D eigenvalue weighted by molar-refractivity contribution is -0.140. The summed E-state index contributed by atoms with van der Waals surface area (Å²) in [7, 11) is 3.91. The van der Waals surface area contributed by atoms with Gasteiger partial charge in [0.15, 0.2) is 0 Å². The highest BCUT2D eigenvalue weighted by molar-refractivity contribution is 6.05. The van der Waals surface area contributed by atoms with E-state index in [9.17, 15) is 14.4 Å². The fourth-order valence-corrected chi connectivity index (χ4v) is 3.73. The van der Waals surface area contributed by atoms with Gasteiger partial charge >= 0.3 is 0 Å². The van der Waals surface area contributed by atoms with Crippen LogP contribution < -0.4 is 10.2 Å². The quantitative estimate of drug-likeness (QED) is 0.833. The van der Waals surface area contributed by atoms with Crippen molar-refractivity contribution in [2.45, 2.75) is 32.1 Å². The summed E-state index contributed by atoms with van der Waals surface area (Å²) in [4.78, 5) is 40.2. The Morgan fingerprint density at radius 3 is 2.16 bits per heavy atom. The third kappa shape index (κ3) is 3.67. The molecule has 1 aliphatic carbocycles. The fourth-order valence-electron chi connectivity index (χ4n) is 3.73. The van der Waals surface area contributed by atoms with Gasteiger partial charge in [0.25, 0.3) is 0 Å². The molecule has 3 amide bonds. The zero-order valence-corrected chi connectivity index (χ0v) is 14.8. The maximum absolute atomic E-state index is 12.4. The molecule has 2 unspecified atom stereocenters. The number of carbonyl (C=O) groups excluding carboxylic acids is 3. The number of carbonyl (C=O) groups is 3. The first-order chi connectivity index (χ1) is 12.0. The Morgan fingerprint density at radius 1 is 1.08 bits per heavy atom. The molecule has 134 valence electrons. The van der Waals surface area contributed by atoms with Crippen LogP contribution in [0.2, 0.25) is 0 Å². The van der Waals surface area contributed by atoms with E-state index in [0.717, 1.165) is 31.4 Å². The molecule has 1 N–H and O–H groups in total. The lowest BCUT2D eigenvalue weighted by Gasteiger charge is -2.19. The Morgan fingerprint density at radius 2 is 1.64 bits per heavy atom. The van der Waals surface area contributed by atoms with Gasteiger partial charge in [0, 0.05) is 38.4 Å². The molecule has 6 nitrogen and oxygen atoms in total. The van der Waals surface area contributed by atoms with Crippen LogP contribution in [0, 0.1) is 11.8 Å². The van der Waals surface area contributed by atoms with Gasteiger partial charge in [0.1, 0.15) is 0 Å². The Balaban J connectivity index is 1.53. The van der Waals surface area contributed by atoms with E-state index >= 15 is 0 Å². The van der Waals surface area contributed by atoms with E-state index in [1.165, 1.54) is 4.90 Å². The normalized spacial score (nSPS) is 22.7. The predicted molar refractivity (Wildman–Crippen MR) is 96.2 cm³/mol. The third-order valence-electron chi connectivity index (χ3n) is 5.16. The van der Waals surface area contributed by atoms with Gasteiger partial charge in [0.05, 0.1) is 11.8 Å². The molecule has 2 atom stereocenters. The number of rotatable bonds is 5. The van der Waals surface area contributed by atoms with Crippen LogP contribution in [-0.2, 0) is 14.4 Å². The Labute approximate surface area is 148 Å². The van der Waals surface area contributed by atoms with Crippen LogP contribution in [0.25, 0.3) is 0 Å². The second-order valence-corrected chi connectivity index (χ2v) is 7.07. The summed E-state index contributed by atoms with van der Waals surface area (Å²) < 4.78 is 0. The number of nitrogens with one attached hydrogen (secondary N) is 1. The average molecular weight is 343 g/mol. The standard InChI is InChI=1S/C19H25N3O3/c1-21(2)14-9-7-13(8-10-14)20-17(23)11-12-22-18(24)15-5-3-4-6-16(15)19(22)25/h7-10,15-16H,3-6,11-12H2,1-2H3,(H,20,23). The lowest BCUT2D eigenvalue weighted by atomic mass is 9.81. The minimum Gasteiger partial charge on any atom is -0.378 e. The van der Waals surface area contributed by atoms with E-state index in [1.54, 1.807) is 0 Å². The molecule has 2 fully saturated rings. The molecule has 0 bridgehead atoms. The van der Waals surface area contributed by atoms with Gasteiger partial charge in [-0.15, -0.1) is 0 Å². The predicted octanol–water partition coefficient (Wildman–Crippen LogP) is 2.26. The monoisotopic (exact) mass is 343 g/mol. The second-order valence-electron chi connectivity index (χ2n) is 7.07. The summed E-state index contributed by atoms with van der Waals surface area (Å²) in [5.74, 6) is -0.658. The molecule has 3 rings (SSSR count). The lowest BCUT2D eigenvalue weighted by Crippen LogP contribution is -2.34. The van der Waals surface area contributed by atoms with Crippen molar-refractivity contribution in [1.82, 2.24) is 4.90 Å². The van der Waals surface area contributed by atoms with Crippen LogP contribution in [0.3, 0.4) is 0 Å². The molecule has 0 radical (unpaired) electrons. The topological polar surface area (TPSA) is 69.7 Å². The van der Waals surface area contributed by atoms with Gasteiger partial charge in [-0.2, -0.15) is 0 Å². The number of imide groups is 1. The summed E-state index contributed by atoms with van der Waals surface area (Å²) >= 11 is 0. The largest absolute Gasteiger partial charge is 0.378 e. The molecule has 1 aliphatic heterocycles. The smallest absolute Gasteiger partial charge is 0.233 e. The summed E-state index contributed by atoms with van der Waals surface area (Å²) in [6.07, 6.45) is 3.76. The van der Waals surface area contributed by atoms with Crippen molar-refractivity contribution in [2.75, 3.05) is 30.9 Å². The van der Waals surface area contributed by atoms with Crippen molar-refractivity contribution in [3.8, 4) is 0 Å². The molecule has 1 aromatic carbocycles. The zero-order valence-electron chi connectivity index (χ0n) is 14.8. The zero-order chi connectivity index (χ0) is 18.0. The number of likely N-dealkylation sites (tertiary alicyclic amines) is 1.